The number of fused-ring (bicyclic) bond motifs is 1. The third-order valence-electron chi connectivity index (χ3n) is 5.57. The summed E-state index contributed by atoms with van der Waals surface area (Å²) in [6.07, 6.45) is 1.87. The number of nitrogens with one attached hydrogen (secondary N) is 2. The van der Waals surface area contributed by atoms with Crippen molar-refractivity contribution in [1.82, 2.24) is 25.4 Å². The molecule has 4 rings (SSSR count). The number of aryl methyl sites for hydroxylation is 1. The monoisotopic (exact) mass is 448 g/mol. The molecule has 0 aliphatic carbocycles. The molecule has 1 unspecified atom stereocenters. The summed E-state index contributed by atoms with van der Waals surface area (Å²) in [6.45, 7) is 3.09. The molecule has 8 heteroatoms. The number of methoxy groups -OCH3 is 1. The Balaban J connectivity index is 1.25. The minimum absolute atomic E-state index is 0.249. The van der Waals surface area contributed by atoms with Crippen LogP contribution in [0.25, 0.3) is 0 Å². The average molecular weight is 449 g/mol. The largest absolute Gasteiger partial charge is 0.377 e. The van der Waals surface area contributed by atoms with Crippen LogP contribution >= 0.6 is 0 Å². The molecule has 0 spiro atoms. The van der Waals surface area contributed by atoms with Gasteiger partial charge in [-0.3, -0.25) is 4.99 Å². The maximum atomic E-state index is 5.88. The van der Waals surface area contributed by atoms with Crippen molar-refractivity contribution in [2.24, 2.45) is 4.99 Å². The lowest BCUT2D eigenvalue weighted by atomic mass is 10.1. The summed E-state index contributed by atoms with van der Waals surface area (Å²) in [7, 11) is 3.46. The fourth-order valence-corrected chi connectivity index (χ4v) is 3.93. The average Bonchev–Trinajstić information content (AvgIpc) is 3.24. The van der Waals surface area contributed by atoms with Crippen molar-refractivity contribution in [2.75, 3.05) is 14.2 Å². The van der Waals surface area contributed by atoms with Gasteiger partial charge in [-0.25, -0.2) is 9.67 Å². The Kier molecular flexibility index (Phi) is 8.05. The highest BCUT2D eigenvalue weighted by molar-refractivity contribution is 5.79. The molecule has 0 fully saturated rings. The Morgan fingerprint density at radius 3 is 2.67 bits per heavy atom. The zero-order valence-corrected chi connectivity index (χ0v) is 19.3. The molecular weight excluding hydrogens is 416 g/mol. The van der Waals surface area contributed by atoms with Crippen molar-refractivity contribution < 1.29 is 9.47 Å². The van der Waals surface area contributed by atoms with Crippen molar-refractivity contribution >= 4 is 5.96 Å². The van der Waals surface area contributed by atoms with Gasteiger partial charge in [0.05, 0.1) is 19.8 Å². The van der Waals surface area contributed by atoms with Gasteiger partial charge in [0.25, 0.3) is 0 Å². The van der Waals surface area contributed by atoms with Crippen LogP contribution in [0.2, 0.25) is 0 Å². The summed E-state index contributed by atoms with van der Waals surface area (Å²) in [5.41, 5.74) is 3.53. The molecule has 1 atom stereocenters. The third kappa shape index (κ3) is 6.63. The van der Waals surface area contributed by atoms with Gasteiger partial charge in [-0.05, 0) is 23.1 Å². The standard InChI is InChI=1S/C25H32N6O2/c1-26-25(28-22-11-12-24-29-23(18-32-2)30-31(24)15-22)27-14-20-9-6-10-21(13-20)17-33-16-19-7-4-3-5-8-19/h3-10,13,22H,11-12,14-18H2,1-2H3,(H2,26,27,28). The van der Waals surface area contributed by atoms with Crippen LogP contribution in [0.1, 0.15) is 34.8 Å². The molecule has 1 aliphatic rings. The minimum Gasteiger partial charge on any atom is -0.377 e. The van der Waals surface area contributed by atoms with Crippen LogP contribution in [0, 0.1) is 0 Å². The molecule has 2 N–H and O–H groups in total. The second kappa shape index (κ2) is 11.6. The summed E-state index contributed by atoms with van der Waals surface area (Å²) in [4.78, 5) is 8.94. The van der Waals surface area contributed by atoms with E-state index in [1.165, 1.54) is 11.1 Å². The summed E-state index contributed by atoms with van der Waals surface area (Å²) >= 11 is 0. The van der Waals surface area contributed by atoms with E-state index in [4.69, 9.17) is 9.47 Å². The molecule has 2 heterocycles. The molecule has 3 aromatic rings. The van der Waals surface area contributed by atoms with E-state index < -0.39 is 0 Å². The van der Waals surface area contributed by atoms with Crippen molar-refractivity contribution in [1.29, 1.82) is 0 Å². The highest BCUT2D eigenvalue weighted by atomic mass is 16.5. The van der Waals surface area contributed by atoms with E-state index in [0.29, 0.717) is 26.4 Å². The van der Waals surface area contributed by atoms with Crippen LogP contribution in [0.15, 0.2) is 59.6 Å². The molecule has 8 nitrogen and oxygen atoms in total. The smallest absolute Gasteiger partial charge is 0.191 e. The van der Waals surface area contributed by atoms with Crippen LogP contribution in [0.4, 0.5) is 0 Å². The number of hydrogen-bond donors (Lipinski definition) is 2. The van der Waals surface area contributed by atoms with Gasteiger partial charge < -0.3 is 20.1 Å². The fraction of sp³-hybridized carbons (Fsp3) is 0.400. The summed E-state index contributed by atoms with van der Waals surface area (Å²) < 4.78 is 13.0. The van der Waals surface area contributed by atoms with Crippen molar-refractivity contribution in [2.45, 2.75) is 51.8 Å². The SMILES string of the molecule is CN=C(NCc1cccc(COCc2ccccc2)c1)NC1CCc2nc(COC)nn2C1. The molecule has 0 amide bonds. The molecule has 1 aliphatic heterocycles. The summed E-state index contributed by atoms with van der Waals surface area (Å²) in [5.74, 6) is 2.55. The summed E-state index contributed by atoms with van der Waals surface area (Å²) in [6, 6.07) is 18.9. The third-order valence-corrected chi connectivity index (χ3v) is 5.57. The van der Waals surface area contributed by atoms with E-state index in [1.54, 1.807) is 14.2 Å². The van der Waals surface area contributed by atoms with Gasteiger partial charge in [-0.15, -0.1) is 0 Å². The molecule has 0 saturated heterocycles. The van der Waals surface area contributed by atoms with Crippen LogP contribution < -0.4 is 10.6 Å². The lowest BCUT2D eigenvalue weighted by Crippen LogP contribution is -2.46. The van der Waals surface area contributed by atoms with Crippen LogP contribution in [0.5, 0.6) is 0 Å². The molecule has 33 heavy (non-hydrogen) atoms. The van der Waals surface area contributed by atoms with Gasteiger partial charge in [0.15, 0.2) is 11.8 Å². The van der Waals surface area contributed by atoms with Gasteiger partial charge in [-0.2, -0.15) is 5.10 Å². The number of benzene rings is 2. The first-order valence-corrected chi connectivity index (χ1v) is 11.3. The normalized spacial score (nSPS) is 15.8. The number of ether oxygens (including phenoxy) is 2. The van der Waals surface area contributed by atoms with Crippen molar-refractivity contribution in [3.8, 4) is 0 Å². The number of aromatic nitrogens is 3. The lowest BCUT2D eigenvalue weighted by molar-refractivity contribution is 0.107. The molecule has 174 valence electrons. The second-order valence-corrected chi connectivity index (χ2v) is 8.16. The maximum Gasteiger partial charge on any atom is 0.191 e. The Labute approximate surface area is 195 Å². The number of nitrogens with zero attached hydrogens (tertiary/aromatic N) is 4. The lowest BCUT2D eigenvalue weighted by Gasteiger charge is -2.25. The Morgan fingerprint density at radius 1 is 1.06 bits per heavy atom. The molecular formula is C25H32N6O2. The van der Waals surface area contributed by atoms with Crippen molar-refractivity contribution in [3.05, 3.63) is 82.9 Å². The zero-order valence-electron chi connectivity index (χ0n) is 19.3. The molecule has 1 aromatic heterocycles. The highest BCUT2D eigenvalue weighted by Crippen LogP contribution is 2.14. The van der Waals surface area contributed by atoms with E-state index in [-0.39, 0.29) is 6.04 Å². The van der Waals surface area contributed by atoms with Gasteiger partial charge in [0.2, 0.25) is 0 Å². The predicted octanol–water partition coefficient (Wildman–Crippen LogP) is 2.82. The molecule has 0 saturated carbocycles. The van der Waals surface area contributed by atoms with Gasteiger partial charge in [0.1, 0.15) is 12.4 Å². The predicted molar refractivity (Wildman–Crippen MR) is 128 cm³/mol. The number of guanidine groups is 1. The van der Waals surface area contributed by atoms with Gasteiger partial charge in [0, 0.05) is 33.2 Å². The second-order valence-electron chi connectivity index (χ2n) is 8.16. The fourth-order valence-electron chi connectivity index (χ4n) is 3.93. The maximum absolute atomic E-state index is 5.88. The first-order chi connectivity index (χ1) is 16.2. The summed E-state index contributed by atoms with van der Waals surface area (Å²) in [5, 5.41) is 11.5. The van der Waals surface area contributed by atoms with Crippen LogP contribution in [-0.2, 0) is 48.8 Å². The van der Waals surface area contributed by atoms with Crippen LogP contribution in [-0.4, -0.2) is 40.9 Å². The molecule has 0 radical (unpaired) electrons. The van der Waals surface area contributed by atoms with E-state index >= 15 is 0 Å². The van der Waals surface area contributed by atoms with E-state index in [9.17, 15) is 0 Å². The Hall–Kier alpha value is -3.23. The quantitative estimate of drug-likeness (QED) is 0.387. The minimum atomic E-state index is 0.249. The van der Waals surface area contributed by atoms with Gasteiger partial charge >= 0.3 is 0 Å². The first-order valence-electron chi connectivity index (χ1n) is 11.3. The Morgan fingerprint density at radius 2 is 1.85 bits per heavy atom. The number of rotatable bonds is 9. The van der Waals surface area contributed by atoms with E-state index in [1.807, 2.05) is 22.9 Å². The Bertz CT molecular complexity index is 1050. The molecule has 0 bridgehead atoms. The number of hydrogen-bond acceptors (Lipinski definition) is 5. The zero-order chi connectivity index (χ0) is 22.9. The topological polar surface area (TPSA) is 85.6 Å². The highest BCUT2D eigenvalue weighted by Gasteiger charge is 2.22. The van der Waals surface area contributed by atoms with E-state index in [2.05, 4.69) is 62.1 Å². The molecule has 2 aromatic carbocycles. The first kappa shape index (κ1) is 22.9. The van der Waals surface area contributed by atoms with E-state index in [0.717, 1.165) is 42.6 Å². The van der Waals surface area contributed by atoms with Gasteiger partial charge in [-0.1, -0.05) is 54.6 Å². The van der Waals surface area contributed by atoms with Crippen LogP contribution in [0.3, 0.4) is 0 Å². The van der Waals surface area contributed by atoms with Crippen molar-refractivity contribution in [3.63, 3.8) is 0 Å². The number of aliphatic imine (C=N–C) groups is 1.